The van der Waals surface area contributed by atoms with E-state index in [2.05, 4.69) is 12.2 Å². The predicted octanol–water partition coefficient (Wildman–Crippen LogP) is 2.69. The Bertz CT molecular complexity index is 679. The number of hydrogen-bond acceptors (Lipinski definition) is 2. The van der Waals surface area contributed by atoms with Crippen LogP contribution in [0.3, 0.4) is 0 Å². The van der Waals surface area contributed by atoms with Gasteiger partial charge in [-0.2, -0.15) is 0 Å². The molecule has 4 aliphatic rings. The Morgan fingerprint density at radius 1 is 1.00 bits per heavy atom. The molecule has 1 spiro atoms. The quantitative estimate of drug-likeness (QED) is 0.621. The number of fused-ring (bicyclic) bond motifs is 3. The summed E-state index contributed by atoms with van der Waals surface area (Å²) in [6, 6.07) is 8.09. The van der Waals surface area contributed by atoms with Crippen LogP contribution in [0.4, 0.5) is 0 Å². The van der Waals surface area contributed by atoms with Crippen molar-refractivity contribution in [2.24, 2.45) is 29.1 Å². The number of allylic oxidation sites excluding steroid dienone is 2. The third-order valence-electron chi connectivity index (χ3n) is 6.41. The lowest BCUT2D eigenvalue weighted by Crippen LogP contribution is -2.34. The molecule has 5 rings (SSSR count). The van der Waals surface area contributed by atoms with E-state index in [9.17, 15) is 9.59 Å². The van der Waals surface area contributed by atoms with Gasteiger partial charge in [0.2, 0.25) is 11.8 Å². The third kappa shape index (κ3) is 1.37. The zero-order valence-electron chi connectivity index (χ0n) is 12.7. The minimum atomic E-state index is -0.0737. The van der Waals surface area contributed by atoms with E-state index in [-0.39, 0.29) is 29.1 Å². The molecule has 1 aromatic rings. The third-order valence-corrected chi connectivity index (χ3v) is 6.41. The number of aryl methyl sites for hydroxylation is 1. The van der Waals surface area contributed by atoms with Crippen LogP contribution in [-0.4, -0.2) is 16.7 Å². The molecule has 0 aromatic heterocycles. The average Bonchev–Trinajstić information content (AvgIpc) is 3.12. The molecule has 1 aliphatic heterocycles. The molecule has 1 saturated heterocycles. The lowest BCUT2D eigenvalue weighted by Gasteiger charge is -2.21. The van der Waals surface area contributed by atoms with E-state index in [1.54, 1.807) is 0 Å². The van der Waals surface area contributed by atoms with Crippen molar-refractivity contribution in [1.29, 1.82) is 0 Å². The Morgan fingerprint density at radius 3 is 2.05 bits per heavy atom. The molecular weight excluding hydrogens is 274 g/mol. The van der Waals surface area contributed by atoms with Gasteiger partial charge >= 0.3 is 0 Å². The number of nitrogens with zero attached hydrogens (tertiary/aromatic N) is 1. The van der Waals surface area contributed by atoms with E-state index in [0.29, 0.717) is 18.4 Å². The first kappa shape index (κ1) is 12.6. The highest BCUT2D eigenvalue weighted by Gasteiger charge is 2.73. The van der Waals surface area contributed by atoms with Crippen molar-refractivity contribution >= 4 is 11.8 Å². The summed E-state index contributed by atoms with van der Waals surface area (Å²) < 4.78 is 0. The van der Waals surface area contributed by atoms with Crippen LogP contribution in [0.25, 0.3) is 0 Å². The molecule has 2 bridgehead atoms. The summed E-state index contributed by atoms with van der Waals surface area (Å²) in [6.45, 7) is 2.47. The fourth-order valence-corrected chi connectivity index (χ4v) is 5.17. The fourth-order valence-electron chi connectivity index (χ4n) is 5.17. The van der Waals surface area contributed by atoms with Crippen molar-refractivity contribution in [3.63, 3.8) is 0 Å². The van der Waals surface area contributed by atoms with E-state index in [0.717, 1.165) is 5.56 Å². The second-order valence-corrected chi connectivity index (χ2v) is 7.47. The number of benzene rings is 1. The summed E-state index contributed by atoms with van der Waals surface area (Å²) in [7, 11) is 0. The number of carbonyl (C=O) groups excluding carboxylic acids is 2. The molecule has 1 heterocycles. The first-order valence-corrected chi connectivity index (χ1v) is 8.21. The van der Waals surface area contributed by atoms with Gasteiger partial charge in [-0.05, 0) is 42.6 Å². The van der Waals surface area contributed by atoms with Crippen molar-refractivity contribution in [1.82, 2.24) is 4.90 Å². The van der Waals surface area contributed by atoms with Crippen molar-refractivity contribution in [2.75, 3.05) is 0 Å². The maximum atomic E-state index is 12.8. The predicted molar refractivity (Wildman–Crippen MR) is 81.5 cm³/mol. The van der Waals surface area contributed by atoms with Gasteiger partial charge in [0.25, 0.3) is 0 Å². The monoisotopic (exact) mass is 293 g/mol. The zero-order chi connectivity index (χ0) is 15.1. The van der Waals surface area contributed by atoms with E-state index in [1.165, 1.54) is 23.3 Å². The van der Waals surface area contributed by atoms with Gasteiger partial charge in [-0.3, -0.25) is 14.5 Å². The molecule has 2 amide bonds. The maximum absolute atomic E-state index is 12.8. The molecule has 3 heteroatoms. The van der Waals surface area contributed by atoms with Gasteiger partial charge in [-0.1, -0.05) is 42.0 Å². The van der Waals surface area contributed by atoms with E-state index < -0.39 is 0 Å². The van der Waals surface area contributed by atoms with Crippen molar-refractivity contribution in [3.8, 4) is 0 Å². The molecule has 2 saturated carbocycles. The Morgan fingerprint density at radius 2 is 1.55 bits per heavy atom. The molecule has 1 aromatic carbocycles. The molecule has 3 aliphatic carbocycles. The zero-order valence-corrected chi connectivity index (χ0v) is 12.7. The van der Waals surface area contributed by atoms with Crippen LogP contribution < -0.4 is 0 Å². The summed E-state index contributed by atoms with van der Waals surface area (Å²) in [4.78, 5) is 27.2. The number of rotatable bonds is 2. The van der Waals surface area contributed by atoms with E-state index >= 15 is 0 Å². The standard InChI is InChI=1S/C19H19NO2/c1-11-2-4-12(5-3-11)10-20-17(21)15-13-6-7-14(16(15)18(20)22)19(13)8-9-19/h2-7,13-16H,8-10H2,1H3/t13-,14-,15-,16+/m1/s1. The summed E-state index contributed by atoms with van der Waals surface area (Å²) in [5.74, 6) is 0.632. The first-order chi connectivity index (χ1) is 10.6. The molecule has 112 valence electrons. The van der Waals surface area contributed by atoms with Crippen LogP contribution in [0.15, 0.2) is 36.4 Å². The number of imide groups is 1. The molecular formula is C19H19NO2. The smallest absolute Gasteiger partial charge is 0.234 e. The molecule has 0 radical (unpaired) electrons. The van der Waals surface area contributed by atoms with Gasteiger partial charge in [0, 0.05) is 0 Å². The molecule has 0 unspecified atom stereocenters. The first-order valence-electron chi connectivity index (χ1n) is 8.21. The van der Waals surface area contributed by atoms with Crippen molar-refractivity contribution in [2.45, 2.75) is 26.3 Å². The number of carbonyl (C=O) groups is 2. The lowest BCUT2D eigenvalue weighted by molar-refractivity contribution is -0.141. The van der Waals surface area contributed by atoms with Gasteiger partial charge in [0.1, 0.15) is 0 Å². The minimum absolute atomic E-state index is 0.0682. The maximum Gasteiger partial charge on any atom is 0.234 e. The highest BCUT2D eigenvalue weighted by atomic mass is 16.2. The van der Waals surface area contributed by atoms with Crippen LogP contribution >= 0.6 is 0 Å². The number of likely N-dealkylation sites (tertiary alicyclic amines) is 1. The SMILES string of the molecule is Cc1ccc(CN2C(=O)[C@@H]3[C@H](C2=O)[C@H]2C=C[C@H]3C23CC3)cc1. The summed E-state index contributed by atoms with van der Waals surface area (Å²) in [5, 5.41) is 0. The minimum Gasteiger partial charge on any atom is -0.278 e. The van der Waals surface area contributed by atoms with Gasteiger partial charge in [0.15, 0.2) is 0 Å². The van der Waals surface area contributed by atoms with Crippen molar-refractivity contribution < 1.29 is 9.59 Å². The van der Waals surface area contributed by atoms with Crippen molar-refractivity contribution in [3.05, 3.63) is 47.5 Å². The van der Waals surface area contributed by atoms with Crippen LogP contribution in [-0.2, 0) is 16.1 Å². The topological polar surface area (TPSA) is 37.4 Å². The lowest BCUT2D eigenvalue weighted by atomic mass is 9.85. The van der Waals surface area contributed by atoms with E-state index in [1.807, 2.05) is 31.2 Å². The Labute approximate surface area is 130 Å². The van der Waals surface area contributed by atoms with Crippen LogP contribution in [0.2, 0.25) is 0 Å². The van der Waals surface area contributed by atoms with Crippen LogP contribution in [0, 0.1) is 36.0 Å². The van der Waals surface area contributed by atoms with Crippen LogP contribution in [0.5, 0.6) is 0 Å². The molecule has 4 atom stereocenters. The Hall–Kier alpha value is -1.90. The normalized spacial score (nSPS) is 36.5. The number of amides is 2. The van der Waals surface area contributed by atoms with Gasteiger partial charge in [-0.25, -0.2) is 0 Å². The molecule has 0 N–H and O–H groups in total. The summed E-state index contributed by atoms with van der Waals surface area (Å²) >= 11 is 0. The van der Waals surface area contributed by atoms with Gasteiger partial charge in [0.05, 0.1) is 18.4 Å². The fraction of sp³-hybridized carbons (Fsp3) is 0.474. The highest BCUT2D eigenvalue weighted by molar-refractivity contribution is 6.06. The summed E-state index contributed by atoms with van der Waals surface area (Å²) in [6.07, 6.45) is 6.83. The van der Waals surface area contributed by atoms with Crippen LogP contribution in [0.1, 0.15) is 24.0 Å². The largest absolute Gasteiger partial charge is 0.278 e. The summed E-state index contributed by atoms with van der Waals surface area (Å²) in [5.41, 5.74) is 2.52. The van der Waals surface area contributed by atoms with Gasteiger partial charge in [-0.15, -0.1) is 0 Å². The molecule has 22 heavy (non-hydrogen) atoms. The second-order valence-electron chi connectivity index (χ2n) is 7.47. The Kier molecular flexibility index (Phi) is 2.23. The average molecular weight is 293 g/mol. The highest BCUT2D eigenvalue weighted by Crippen LogP contribution is 2.73. The second kappa shape index (κ2) is 3.89. The molecule has 3 nitrogen and oxygen atoms in total. The van der Waals surface area contributed by atoms with E-state index in [4.69, 9.17) is 0 Å². The molecule has 3 fully saturated rings. The number of hydrogen-bond donors (Lipinski definition) is 0. The van der Waals surface area contributed by atoms with Gasteiger partial charge < -0.3 is 0 Å². The Balaban J connectivity index is 1.45.